The molecule has 2 aliphatic rings. The number of pyridine rings is 1. The van der Waals surface area contributed by atoms with Crippen LogP contribution in [0, 0.1) is 24.0 Å². The Hall–Kier alpha value is -4.82. The SMILES string of the molecule is C#Cc1c(F)ccc2cc(O)cc(-c3ncc4c(N5CCCCC(NC(=O)C=C)C5)nc(OC[C@H]5CCCCN5C)nc4c3F)c12. The number of benzene rings is 2. The lowest BCUT2D eigenvalue weighted by Gasteiger charge is -2.32. The van der Waals surface area contributed by atoms with Crippen LogP contribution in [0.25, 0.3) is 32.9 Å². The molecule has 2 N–H and O–H groups in total. The number of hydrogen-bond acceptors (Lipinski definition) is 8. The summed E-state index contributed by atoms with van der Waals surface area (Å²) >= 11 is 0. The fraction of sp³-hybridized carbons (Fsp3) is 0.371. The van der Waals surface area contributed by atoms with E-state index in [2.05, 4.69) is 39.7 Å². The van der Waals surface area contributed by atoms with Crippen molar-refractivity contribution in [2.45, 2.75) is 50.6 Å². The summed E-state index contributed by atoms with van der Waals surface area (Å²) < 4.78 is 37.8. The van der Waals surface area contributed by atoms with Crippen molar-refractivity contribution in [3.63, 3.8) is 0 Å². The van der Waals surface area contributed by atoms with Crippen molar-refractivity contribution in [2.75, 3.05) is 38.2 Å². The van der Waals surface area contributed by atoms with E-state index in [0.29, 0.717) is 36.3 Å². The summed E-state index contributed by atoms with van der Waals surface area (Å²) in [4.78, 5) is 30.2. The van der Waals surface area contributed by atoms with E-state index in [1.54, 1.807) is 0 Å². The molecule has 2 aromatic heterocycles. The average molecular weight is 627 g/mol. The maximum atomic E-state index is 16.8. The van der Waals surface area contributed by atoms with Crippen molar-refractivity contribution in [3.05, 3.63) is 60.3 Å². The van der Waals surface area contributed by atoms with Gasteiger partial charge in [0.2, 0.25) is 5.91 Å². The highest BCUT2D eigenvalue weighted by molar-refractivity contribution is 6.03. The zero-order chi connectivity index (χ0) is 32.4. The molecule has 0 aliphatic carbocycles. The molecular formula is C35H36F2N6O3. The highest BCUT2D eigenvalue weighted by Gasteiger charge is 2.27. The Morgan fingerprint density at radius 2 is 2.00 bits per heavy atom. The van der Waals surface area contributed by atoms with Crippen molar-refractivity contribution < 1.29 is 23.4 Å². The van der Waals surface area contributed by atoms with Gasteiger partial charge in [-0.3, -0.25) is 9.78 Å². The molecule has 0 saturated carbocycles. The number of aromatic hydroxyl groups is 1. The third-order valence-corrected chi connectivity index (χ3v) is 8.92. The molecule has 2 aromatic carbocycles. The van der Waals surface area contributed by atoms with Crippen LogP contribution < -0.4 is 15.0 Å². The van der Waals surface area contributed by atoms with Crippen LogP contribution >= 0.6 is 0 Å². The molecule has 0 spiro atoms. The minimum Gasteiger partial charge on any atom is -0.508 e. The number of phenolic OH excluding ortho intramolecular Hbond substituents is 1. The zero-order valence-corrected chi connectivity index (χ0v) is 25.7. The molecule has 2 aliphatic heterocycles. The van der Waals surface area contributed by atoms with Gasteiger partial charge in [0.25, 0.3) is 0 Å². The van der Waals surface area contributed by atoms with Gasteiger partial charge in [-0.05, 0) is 75.4 Å². The third-order valence-electron chi connectivity index (χ3n) is 8.92. The molecule has 11 heteroatoms. The van der Waals surface area contributed by atoms with Gasteiger partial charge < -0.3 is 25.0 Å². The number of phenols is 1. The van der Waals surface area contributed by atoms with E-state index in [1.165, 1.54) is 36.5 Å². The molecule has 9 nitrogen and oxygen atoms in total. The molecule has 2 fully saturated rings. The first kappa shape index (κ1) is 31.2. The predicted molar refractivity (Wildman–Crippen MR) is 174 cm³/mol. The number of aromatic nitrogens is 3. The zero-order valence-electron chi connectivity index (χ0n) is 25.7. The number of terminal acetylenes is 1. The number of piperidine rings is 1. The number of nitrogens with one attached hydrogen (secondary N) is 1. The number of ether oxygens (including phenoxy) is 1. The summed E-state index contributed by atoms with van der Waals surface area (Å²) in [6.07, 6.45) is 14.1. The molecule has 1 unspecified atom stereocenters. The van der Waals surface area contributed by atoms with Crippen LogP contribution in [0.15, 0.2) is 43.1 Å². The molecule has 2 saturated heterocycles. The Kier molecular flexibility index (Phi) is 8.99. The first-order valence-corrected chi connectivity index (χ1v) is 15.6. The fourth-order valence-electron chi connectivity index (χ4n) is 6.51. The molecule has 238 valence electrons. The molecule has 0 radical (unpaired) electrons. The molecule has 0 bridgehead atoms. The minimum absolute atomic E-state index is 0.0181. The summed E-state index contributed by atoms with van der Waals surface area (Å²) in [5.74, 6) is 0.954. The molecule has 1 amide bonds. The van der Waals surface area contributed by atoms with E-state index in [1.807, 2.05) is 4.90 Å². The molecule has 4 aromatic rings. The van der Waals surface area contributed by atoms with Crippen molar-refractivity contribution in [2.24, 2.45) is 0 Å². The number of anilines is 1. The van der Waals surface area contributed by atoms with Crippen LogP contribution in [0.1, 0.15) is 44.1 Å². The Morgan fingerprint density at radius 3 is 2.78 bits per heavy atom. The lowest BCUT2D eigenvalue weighted by molar-refractivity contribution is -0.117. The molecular weight excluding hydrogens is 590 g/mol. The Balaban J connectivity index is 1.50. The number of likely N-dealkylation sites (tertiary alicyclic amines) is 1. The number of likely N-dealkylation sites (N-methyl/N-ethyl adjacent to an activating group) is 1. The molecule has 46 heavy (non-hydrogen) atoms. The van der Waals surface area contributed by atoms with Gasteiger partial charge in [0.15, 0.2) is 5.82 Å². The number of amides is 1. The van der Waals surface area contributed by atoms with Gasteiger partial charge >= 0.3 is 6.01 Å². The van der Waals surface area contributed by atoms with Crippen LogP contribution in [0.2, 0.25) is 0 Å². The average Bonchev–Trinajstić information content (AvgIpc) is 3.29. The van der Waals surface area contributed by atoms with Gasteiger partial charge in [-0.1, -0.05) is 25.0 Å². The largest absolute Gasteiger partial charge is 0.508 e. The van der Waals surface area contributed by atoms with Crippen LogP contribution in [0.3, 0.4) is 0 Å². The first-order valence-electron chi connectivity index (χ1n) is 15.6. The summed E-state index contributed by atoms with van der Waals surface area (Å²) in [5.41, 5.74) is -0.108. The summed E-state index contributed by atoms with van der Waals surface area (Å²) in [6.45, 7) is 5.91. The Bertz CT molecular complexity index is 1860. The second-order valence-corrected chi connectivity index (χ2v) is 12.0. The number of nitrogens with zero attached hydrogens (tertiary/aromatic N) is 5. The highest BCUT2D eigenvalue weighted by Crippen LogP contribution is 2.39. The topological polar surface area (TPSA) is 104 Å². The molecule has 4 heterocycles. The highest BCUT2D eigenvalue weighted by atomic mass is 19.1. The van der Waals surface area contributed by atoms with E-state index in [4.69, 9.17) is 16.1 Å². The summed E-state index contributed by atoms with van der Waals surface area (Å²) in [7, 11) is 2.05. The van der Waals surface area contributed by atoms with E-state index in [0.717, 1.165) is 45.1 Å². The quantitative estimate of drug-likeness (QED) is 0.210. The second kappa shape index (κ2) is 13.3. The van der Waals surface area contributed by atoms with Gasteiger partial charge in [-0.15, -0.1) is 6.42 Å². The van der Waals surface area contributed by atoms with Gasteiger partial charge in [-0.2, -0.15) is 9.97 Å². The predicted octanol–water partition coefficient (Wildman–Crippen LogP) is 5.33. The number of halogens is 2. The number of carbonyl (C=O) groups is 1. The van der Waals surface area contributed by atoms with Crippen LogP contribution in [-0.2, 0) is 4.79 Å². The van der Waals surface area contributed by atoms with Gasteiger partial charge in [0.1, 0.15) is 35.2 Å². The van der Waals surface area contributed by atoms with Crippen molar-refractivity contribution >= 4 is 33.4 Å². The van der Waals surface area contributed by atoms with Gasteiger partial charge in [-0.25, -0.2) is 8.78 Å². The second-order valence-electron chi connectivity index (χ2n) is 12.0. The van der Waals surface area contributed by atoms with Gasteiger partial charge in [0.05, 0.1) is 10.9 Å². The smallest absolute Gasteiger partial charge is 0.319 e. The lowest BCUT2D eigenvalue weighted by atomic mass is 9.96. The summed E-state index contributed by atoms with van der Waals surface area (Å²) in [5, 5.41) is 14.6. The van der Waals surface area contributed by atoms with E-state index >= 15 is 4.39 Å². The number of carbonyl (C=O) groups excluding carboxylic acids is 1. The van der Waals surface area contributed by atoms with E-state index in [9.17, 15) is 14.3 Å². The molecule has 6 rings (SSSR count). The number of hydrogen-bond donors (Lipinski definition) is 2. The Morgan fingerprint density at radius 1 is 1.20 bits per heavy atom. The maximum absolute atomic E-state index is 16.8. The van der Waals surface area contributed by atoms with Crippen molar-refractivity contribution in [3.8, 4) is 35.4 Å². The van der Waals surface area contributed by atoms with Crippen molar-refractivity contribution in [1.29, 1.82) is 0 Å². The standard InChI is InChI=1S/C35H36F2N6O3/c1-4-25-28(36)13-12-21-16-24(44)17-26(30(21)25)32-31(37)33-27(18-38-32)34(43-15-9-6-10-22(19-43)39-29(45)5-2)41-35(40-33)46-20-23-11-7-8-14-42(23)3/h1,5,12-13,16-18,22-23,44H,2,6-11,14-15,19-20H2,3H3,(H,39,45)/t22?,23-/m1/s1. The number of fused-ring (bicyclic) bond motifs is 2. The Labute approximate surface area is 266 Å². The number of rotatable bonds is 7. The van der Waals surface area contributed by atoms with Gasteiger partial charge in [0, 0.05) is 42.3 Å². The van der Waals surface area contributed by atoms with E-state index in [-0.39, 0.29) is 57.5 Å². The van der Waals surface area contributed by atoms with E-state index < -0.39 is 11.6 Å². The normalized spacial score (nSPS) is 19.0. The first-order chi connectivity index (χ1) is 22.3. The monoisotopic (exact) mass is 626 g/mol. The van der Waals surface area contributed by atoms with Crippen molar-refractivity contribution in [1.82, 2.24) is 25.2 Å². The van der Waals surface area contributed by atoms with Crippen LogP contribution in [0.5, 0.6) is 11.8 Å². The maximum Gasteiger partial charge on any atom is 0.319 e. The van der Waals surface area contributed by atoms with Crippen LogP contribution in [0.4, 0.5) is 14.6 Å². The summed E-state index contributed by atoms with van der Waals surface area (Å²) in [6, 6.07) is 5.46. The fourth-order valence-corrected chi connectivity index (χ4v) is 6.51. The minimum atomic E-state index is -0.786. The molecule has 2 atom stereocenters. The third kappa shape index (κ3) is 6.17. The van der Waals surface area contributed by atoms with Crippen LogP contribution in [-0.4, -0.2) is 76.2 Å². The lowest BCUT2D eigenvalue weighted by Crippen LogP contribution is -2.42.